The number of aryl methyl sites for hydroxylation is 1. The molecule has 1 aliphatic rings. The Balaban J connectivity index is 2.14. The first kappa shape index (κ1) is 12.6. The second kappa shape index (κ2) is 5.17. The van der Waals surface area contributed by atoms with Gasteiger partial charge in [0.1, 0.15) is 5.69 Å². The Morgan fingerprint density at radius 1 is 1.59 bits per heavy atom. The van der Waals surface area contributed by atoms with E-state index in [1.165, 1.54) is 0 Å². The number of halogens is 1. The number of nitrogens with zero attached hydrogens (tertiary/aromatic N) is 2. The molecule has 1 amide bonds. The number of piperidine rings is 1. The third-order valence-corrected chi connectivity index (χ3v) is 4.66. The average Bonchev–Trinajstić information content (AvgIpc) is 2.32. The van der Waals surface area contributed by atoms with Crippen LogP contribution in [0.4, 0.5) is 0 Å². The number of rotatable bonds is 1. The second-order valence-corrected chi connectivity index (χ2v) is 5.88. The number of aromatic nitrogens is 1. The van der Waals surface area contributed by atoms with Crippen LogP contribution in [0, 0.1) is 12.8 Å². The average molecular weight is 297 g/mol. The van der Waals surface area contributed by atoms with Crippen LogP contribution >= 0.6 is 15.9 Å². The van der Waals surface area contributed by atoms with Crippen molar-refractivity contribution in [2.24, 2.45) is 5.92 Å². The van der Waals surface area contributed by atoms with E-state index in [0.717, 1.165) is 25.1 Å². The van der Waals surface area contributed by atoms with Crippen molar-refractivity contribution in [3.8, 4) is 0 Å². The van der Waals surface area contributed by atoms with Crippen LogP contribution in [0.1, 0.15) is 29.4 Å². The summed E-state index contributed by atoms with van der Waals surface area (Å²) in [6, 6.07) is 3.79. The van der Waals surface area contributed by atoms with Gasteiger partial charge < -0.3 is 4.90 Å². The SMILES string of the molecule is Cc1cccnc1C(=O)N1CCC(Br)C(C)C1. The normalized spacial score (nSPS) is 24.8. The van der Waals surface area contributed by atoms with Crippen LogP contribution in [-0.2, 0) is 0 Å². The minimum Gasteiger partial charge on any atom is -0.337 e. The number of hydrogen-bond donors (Lipinski definition) is 0. The maximum atomic E-state index is 12.3. The number of carbonyl (C=O) groups excluding carboxylic acids is 1. The fraction of sp³-hybridized carbons (Fsp3) is 0.538. The van der Waals surface area contributed by atoms with E-state index in [4.69, 9.17) is 0 Å². The highest BCUT2D eigenvalue weighted by Gasteiger charge is 2.28. The molecule has 1 aliphatic heterocycles. The molecule has 0 N–H and O–H groups in total. The minimum absolute atomic E-state index is 0.0642. The van der Waals surface area contributed by atoms with Gasteiger partial charge in [-0.2, -0.15) is 0 Å². The fourth-order valence-corrected chi connectivity index (χ4v) is 2.53. The van der Waals surface area contributed by atoms with E-state index in [9.17, 15) is 4.79 Å². The quantitative estimate of drug-likeness (QED) is 0.747. The molecule has 2 rings (SSSR count). The van der Waals surface area contributed by atoms with E-state index in [2.05, 4.69) is 27.8 Å². The number of pyridine rings is 1. The highest BCUT2D eigenvalue weighted by Crippen LogP contribution is 2.24. The van der Waals surface area contributed by atoms with Crippen LogP contribution in [-0.4, -0.2) is 33.7 Å². The van der Waals surface area contributed by atoms with Gasteiger partial charge in [-0.05, 0) is 30.9 Å². The fourth-order valence-electron chi connectivity index (χ4n) is 2.16. The Hall–Kier alpha value is -0.900. The van der Waals surface area contributed by atoms with Crippen molar-refractivity contribution in [3.05, 3.63) is 29.6 Å². The van der Waals surface area contributed by atoms with Gasteiger partial charge in [0.2, 0.25) is 0 Å². The summed E-state index contributed by atoms with van der Waals surface area (Å²) in [5.74, 6) is 0.561. The maximum Gasteiger partial charge on any atom is 0.272 e. The molecule has 2 atom stereocenters. The zero-order chi connectivity index (χ0) is 12.4. The molecule has 0 aromatic carbocycles. The molecule has 0 bridgehead atoms. The van der Waals surface area contributed by atoms with Gasteiger partial charge in [-0.3, -0.25) is 9.78 Å². The summed E-state index contributed by atoms with van der Waals surface area (Å²) in [4.78, 5) is 19.0. The Bertz CT molecular complexity index is 422. The number of alkyl halides is 1. The van der Waals surface area contributed by atoms with Crippen molar-refractivity contribution in [1.29, 1.82) is 0 Å². The monoisotopic (exact) mass is 296 g/mol. The molecule has 1 aromatic heterocycles. The lowest BCUT2D eigenvalue weighted by Crippen LogP contribution is -2.43. The smallest absolute Gasteiger partial charge is 0.272 e. The molecule has 0 spiro atoms. The van der Waals surface area contributed by atoms with Crippen molar-refractivity contribution >= 4 is 21.8 Å². The van der Waals surface area contributed by atoms with Crippen LogP contribution in [0.15, 0.2) is 18.3 Å². The number of carbonyl (C=O) groups is 1. The summed E-state index contributed by atoms with van der Waals surface area (Å²) >= 11 is 3.65. The molecule has 1 aromatic rings. The Morgan fingerprint density at radius 3 is 3.00 bits per heavy atom. The number of amides is 1. The minimum atomic E-state index is 0.0642. The summed E-state index contributed by atoms with van der Waals surface area (Å²) in [5, 5.41) is 0. The van der Waals surface area contributed by atoms with E-state index in [0.29, 0.717) is 16.4 Å². The van der Waals surface area contributed by atoms with Crippen LogP contribution < -0.4 is 0 Å². The van der Waals surface area contributed by atoms with Gasteiger partial charge in [0.05, 0.1) is 0 Å². The lowest BCUT2D eigenvalue weighted by atomic mass is 9.99. The van der Waals surface area contributed by atoms with Crippen LogP contribution in [0.5, 0.6) is 0 Å². The summed E-state index contributed by atoms with van der Waals surface area (Å²) in [5.41, 5.74) is 1.54. The third kappa shape index (κ3) is 2.68. The van der Waals surface area contributed by atoms with E-state index < -0.39 is 0 Å². The number of hydrogen-bond acceptors (Lipinski definition) is 2. The van der Waals surface area contributed by atoms with Gasteiger partial charge in [-0.15, -0.1) is 0 Å². The van der Waals surface area contributed by atoms with Gasteiger partial charge in [0.15, 0.2) is 0 Å². The molecule has 4 heteroatoms. The van der Waals surface area contributed by atoms with Crippen molar-refractivity contribution < 1.29 is 4.79 Å². The van der Waals surface area contributed by atoms with Gasteiger partial charge in [0, 0.05) is 24.1 Å². The largest absolute Gasteiger partial charge is 0.337 e. The van der Waals surface area contributed by atoms with Crippen molar-refractivity contribution in [2.75, 3.05) is 13.1 Å². The van der Waals surface area contributed by atoms with Crippen molar-refractivity contribution in [3.63, 3.8) is 0 Å². The standard InChI is InChI=1S/C13H17BrN2O/c1-9-4-3-6-15-12(9)13(17)16-7-5-11(14)10(2)8-16/h3-4,6,10-11H,5,7-8H2,1-2H3. The highest BCUT2D eigenvalue weighted by molar-refractivity contribution is 9.09. The predicted molar refractivity (Wildman–Crippen MR) is 71.4 cm³/mol. The first-order valence-corrected chi connectivity index (χ1v) is 6.86. The molecular formula is C13H17BrN2O. The van der Waals surface area contributed by atoms with Crippen LogP contribution in [0.25, 0.3) is 0 Å². The predicted octanol–water partition coefficient (Wildman–Crippen LogP) is 2.64. The first-order chi connectivity index (χ1) is 8.09. The lowest BCUT2D eigenvalue weighted by molar-refractivity contribution is 0.0683. The van der Waals surface area contributed by atoms with Gasteiger partial charge in [0.25, 0.3) is 5.91 Å². The van der Waals surface area contributed by atoms with E-state index in [1.807, 2.05) is 24.0 Å². The molecular weight excluding hydrogens is 280 g/mol. The van der Waals surface area contributed by atoms with E-state index in [1.54, 1.807) is 6.20 Å². The van der Waals surface area contributed by atoms with Crippen molar-refractivity contribution in [1.82, 2.24) is 9.88 Å². The van der Waals surface area contributed by atoms with Crippen LogP contribution in [0.2, 0.25) is 0 Å². The summed E-state index contributed by atoms with van der Waals surface area (Å²) in [6.45, 7) is 5.73. The van der Waals surface area contributed by atoms with Gasteiger partial charge >= 0.3 is 0 Å². The zero-order valence-corrected chi connectivity index (χ0v) is 11.8. The lowest BCUT2D eigenvalue weighted by Gasteiger charge is -2.34. The molecule has 2 unspecified atom stereocenters. The third-order valence-electron chi connectivity index (χ3n) is 3.30. The van der Waals surface area contributed by atoms with Gasteiger partial charge in [-0.1, -0.05) is 28.9 Å². The summed E-state index contributed by atoms with van der Waals surface area (Å²) in [6.07, 6.45) is 2.69. The maximum absolute atomic E-state index is 12.3. The molecule has 0 saturated carbocycles. The Kier molecular flexibility index (Phi) is 3.82. The summed E-state index contributed by atoms with van der Waals surface area (Å²) in [7, 11) is 0. The molecule has 0 aliphatic carbocycles. The molecule has 2 heterocycles. The molecule has 3 nitrogen and oxygen atoms in total. The molecule has 1 fully saturated rings. The van der Waals surface area contributed by atoms with E-state index >= 15 is 0 Å². The Labute approximate surface area is 110 Å². The highest BCUT2D eigenvalue weighted by atomic mass is 79.9. The Morgan fingerprint density at radius 2 is 2.35 bits per heavy atom. The van der Waals surface area contributed by atoms with Crippen LogP contribution in [0.3, 0.4) is 0 Å². The topological polar surface area (TPSA) is 33.2 Å². The summed E-state index contributed by atoms with van der Waals surface area (Å²) < 4.78 is 0. The van der Waals surface area contributed by atoms with Crippen molar-refractivity contribution in [2.45, 2.75) is 25.1 Å². The number of likely N-dealkylation sites (tertiary alicyclic amines) is 1. The molecule has 17 heavy (non-hydrogen) atoms. The molecule has 92 valence electrons. The molecule has 0 radical (unpaired) electrons. The van der Waals surface area contributed by atoms with Gasteiger partial charge in [-0.25, -0.2) is 0 Å². The first-order valence-electron chi connectivity index (χ1n) is 5.94. The second-order valence-electron chi connectivity index (χ2n) is 4.70. The van der Waals surface area contributed by atoms with E-state index in [-0.39, 0.29) is 5.91 Å². The molecule has 1 saturated heterocycles. The zero-order valence-electron chi connectivity index (χ0n) is 10.2.